The molecule has 0 atom stereocenters. The van der Waals surface area contributed by atoms with Gasteiger partial charge >= 0.3 is 0 Å². The molecule has 0 unspecified atom stereocenters. The number of rotatable bonds is 13. The molecule has 4 aromatic rings. The van der Waals surface area contributed by atoms with Gasteiger partial charge < -0.3 is 35.6 Å². The average Bonchev–Trinajstić information content (AvgIpc) is 3.54. The molecule has 0 radical (unpaired) electrons. The molecule has 0 aliphatic carbocycles. The number of hydrogen-bond acceptors (Lipinski definition) is 6. The number of fused-ring (bicyclic) bond motifs is 1. The number of alkyl halides is 2. The van der Waals surface area contributed by atoms with Crippen molar-refractivity contribution in [2.75, 3.05) is 48.7 Å². The van der Waals surface area contributed by atoms with Gasteiger partial charge in [0.05, 0.1) is 41.0 Å². The number of amidine groups is 1. The Morgan fingerprint density at radius 2 is 1.79 bits per heavy atom. The molecule has 6 N–H and O–H groups in total. The van der Waals surface area contributed by atoms with Gasteiger partial charge in [-0.05, 0) is 42.5 Å². The highest BCUT2D eigenvalue weighted by Crippen LogP contribution is 2.30. The van der Waals surface area contributed by atoms with E-state index in [-0.39, 0.29) is 43.0 Å². The fourth-order valence-corrected chi connectivity index (χ4v) is 4.80. The molecule has 4 rings (SSSR count). The molecule has 2 amide bonds. The first-order valence-corrected chi connectivity index (χ1v) is 13.9. The van der Waals surface area contributed by atoms with Crippen LogP contribution in [0.15, 0.2) is 48.7 Å². The van der Waals surface area contributed by atoms with Gasteiger partial charge in [0, 0.05) is 62.2 Å². The van der Waals surface area contributed by atoms with E-state index in [4.69, 9.17) is 39.1 Å². The van der Waals surface area contributed by atoms with Crippen LogP contribution in [-0.2, 0) is 7.05 Å². The number of carbonyl (C=O) groups excluding carboxylic acids is 2. The van der Waals surface area contributed by atoms with E-state index in [9.17, 15) is 9.59 Å². The fourth-order valence-electron chi connectivity index (χ4n) is 4.39. The summed E-state index contributed by atoms with van der Waals surface area (Å²) in [4.78, 5) is 35.5. The lowest BCUT2D eigenvalue weighted by atomic mass is 10.1. The molecule has 14 heteroatoms. The van der Waals surface area contributed by atoms with Crippen molar-refractivity contribution in [1.82, 2.24) is 19.9 Å². The Labute approximate surface area is 259 Å². The summed E-state index contributed by atoms with van der Waals surface area (Å²) >= 11 is 11.9. The highest BCUT2D eigenvalue weighted by molar-refractivity contribution is 6.18. The van der Waals surface area contributed by atoms with Crippen LogP contribution in [0.1, 0.15) is 27.1 Å². The molecule has 11 nitrogen and oxygen atoms in total. The number of halogens is 3. The zero-order chi connectivity index (χ0) is 29.5. The van der Waals surface area contributed by atoms with Crippen molar-refractivity contribution >= 4 is 75.7 Å². The van der Waals surface area contributed by atoms with E-state index in [0.29, 0.717) is 64.3 Å². The topological polar surface area (TPSA) is 154 Å². The van der Waals surface area contributed by atoms with Gasteiger partial charge in [-0.3, -0.25) is 15.0 Å². The normalized spacial score (nSPS) is 10.7. The Kier molecular flexibility index (Phi) is 11.5. The summed E-state index contributed by atoms with van der Waals surface area (Å²) < 4.78 is 7.41. The Bertz CT molecular complexity index is 1560. The van der Waals surface area contributed by atoms with E-state index in [0.717, 1.165) is 11.4 Å². The van der Waals surface area contributed by atoms with Gasteiger partial charge in [-0.1, -0.05) is 0 Å². The van der Waals surface area contributed by atoms with E-state index in [1.807, 2.05) is 28.6 Å². The number of aromatic nitrogens is 3. The minimum atomic E-state index is -0.293. The predicted molar refractivity (Wildman–Crippen MR) is 171 cm³/mol. The molecule has 2 aromatic heterocycles. The fraction of sp³-hybridized carbons (Fsp3) is 0.286. The minimum absolute atomic E-state index is 0. The molecule has 0 saturated carbocycles. The number of methoxy groups -OCH3 is 1. The number of nitrogens with one attached hydrogen (secondary N) is 4. The summed E-state index contributed by atoms with van der Waals surface area (Å²) in [5.74, 6) is 1.47. The Morgan fingerprint density at radius 1 is 1.10 bits per heavy atom. The van der Waals surface area contributed by atoms with Gasteiger partial charge in [0.15, 0.2) is 5.82 Å². The summed E-state index contributed by atoms with van der Waals surface area (Å²) in [7, 11) is 3.41. The molecule has 0 saturated heterocycles. The highest BCUT2D eigenvalue weighted by atomic mass is 35.5. The summed E-state index contributed by atoms with van der Waals surface area (Å²) in [6.45, 7) is 1.48. The van der Waals surface area contributed by atoms with Crippen LogP contribution in [-0.4, -0.2) is 70.7 Å². The summed E-state index contributed by atoms with van der Waals surface area (Å²) in [5, 5.41) is 13.0. The number of nitrogens with two attached hydrogens (primary N) is 1. The third-order valence-corrected chi connectivity index (χ3v) is 6.76. The molecule has 2 heterocycles. The number of aryl methyl sites for hydroxylation is 1. The summed E-state index contributed by atoms with van der Waals surface area (Å²) in [5.41, 5.74) is 9.78. The van der Waals surface area contributed by atoms with Crippen LogP contribution >= 0.6 is 35.6 Å². The maximum atomic E-state index is 13.1. The molecule has 0 bridgehead atoms. The minimum Gasteiger partial charge on any atom is -0.495 e. The van der Waals surface area contributed by atoms with Gasteiger partial charge in [-0.15, -0.1) is 35.6 Å². The quantitative estimate of drug-likeness (QED) is 0.0823. The number of ether oxygens (including phenoxy) is 1. The first kappa shape index (κ1) is 32.6. The second-order valence-corrected chi connectivity index (χ2v) is 10.0. The zero-order valence-electron chi connectivity index (χ0n) is 23.2. The molecular weight excluding hydrogens is 603 g/mol. The lowest BCUT2D eigenvalue weighted by Gasteiger charge is -2.25. The number of benzene rings is 2. The molecule has 42 heavy (non-hydrogen) atoms. The lowest BCUT2D eigenvalue weighted by molar-refractivity contribution is 0.0954. The monoisotopic (exact) mass is 634 g/mol. The molecule has 224 valence electrons. The van der Waals surface area contributed by atoms with E-state index >= 15 is 0 Å². The second-order valence-electron chi connectivity index (χ2n) is 9.28. The number of carbonyl (C=O) groups is 2. The SMILES string of the molecule is COc1cc(C(=O)Nc2cc(-c3nc4ccc(C(=O)NCCC(=N)N)cc4[nH]3)n(C)c2)ccc1N(CCCl)CCCl.Cl. The lowest BCUT2D eigenvalue weighted by Crippen LogP contribution is -2.28. The Balaban J connectivity index is 0.00000484. The second kappa shape index (κ2) is 14.8. The average molecular weight is 636 g/mol. The van der Waals surface area contributed by atoms with Crippen molar-refractivity contribution in [3.63, 3.8) is 0 Å². The van der Waals surface area contributed by atoms with E-state index in [1.165, 1.54) is 0 Å². The summed E-state index contributed by atoms with van der Waals surface area (Å²) in [6.07, 6.45) is 2.08. The van der Waals surface area contributed by atoms with Crippen molar-refractivity contribution in [2.45, 2.75) is 6.42 Å². The van der Waals surface area contributed by atoms with Crippen LogP contribution in [0.4, 0.5) is 11.4 Å². The van der Waals surface area contributed by atoms with Crippen molar-refractivity contribution in [2.24, 2.45) is 12.8 Å². The Morgan fingerprint density at radius 3 is 2.45 bits per heavy atom. The third kappa shape index (κ3) is 7.67. The van der Waals surface area contributed by atoms with Crippen LogP contribution in [0.2, 0.25) is 0 Å². The van der Waals surface area contributed by atoms with Gasteiger partial charge in [0.1, 0.15) is 5.75 Å². The highest BCUT2D eigenvalue weighted by Gasteiger charge is 2.17. The van der Waals surface area contributed by atoms with Crippen LogP contribution < -0.4 is 26.0 Å². The smallest absolute Gasteiger partial charge is 0.255 e. The number of nitrogens with zero attached hydrogens (tertiary/aromatic N) is 3. The number of imidazole rings is 1. The number of hydrogen-bond donors (Lipinski definition) is 5. The van der Waals surface area contributed by atoms with Crippen LogP contribution in [0.3, 0.4) is 0 Å². The number of amides is 2. The van der Waals surface area contributed by atoms with Crippen molar-refractivity contribution in [1.29, 1.82) is 5.41 Å². The first-order chi connectivity index (χ1) is 19.7. The Hall–Kier alpha value is -3.93. The van der Waals surface area contributed by atoms with Gasteiger partial charge in [0.25, 0.3) is 11.8 Å². The molecular formula is C28H33Cl3N8O3. The maximum Gasteiger partial charge on any atom is 0.255 e. The predicted octanol–water partition coefficient (Wildman–Crippen LogP) is 4.59. The number of H-pyrrole nitrogens is 1. The summed E-state index contributed by atoms with van der Waals surface area (Å²) in [6, 6.07) is 12.3. The maximum absolute atomic E-state index is 13.1. The van der Waals surface area contributed by atoms with Crippen molar-refractivity contribution in [3.8, 4) is 17.3 Å². The third-order valence-electron chi connectivity index (χ3n) is 6.42. The van der Waals surface area contributed by atoms with Gasteiger partial charge in [-0.2, -0.15) is 0 Å². The van der Waals surface area contributed by atoms with Crippen molar-refractivity contribution < 1.29 is 14.3 Å². The molecule has 0 spiro atoms. The largest absolute Gasteiger partial charge is 0.495 e. The standard InChI is InChI=1S/C28H32Cl2N8O3.ClH/c1-37-16-19(34-28(40)18-4-6-22(24(14-18)41-2)38(11-8-29)12-9-30)15-23(37)26-35-20-5-3-17(13-21(20)36-26)27(39)33-10-7-25(31)32;/h3-6,13-16H,7-12H2,1-2H3,(H3,31,32)(H,33,39)(H,34,40)(H,35,36);1H. The zero-order valence-corrected chi connectivity index (χ0v) is 25.5. The van der Waals surface area contributed by atoms with Crippen molar-refractivity contribution in [3.05, 3.63) is 59.8 Å². The van der Waals surface area contributed by atoms with E-state index in [2.05, 4.69) is 20.6 Å². The van der Waals surface area contributed by atoms with Gasteiger partial charge in [0.2, 0.25) is 0 Å². The van der Waals surface area contributed by atoms with Gasteiger partial charge in [-0.25, -0.2) is 4.98 Å². The van der Waals surface area contributed by atoms with Crippen LogP contribution in [0.25, 0.3) is 22.6 Å². The molecule has 2 aromatic carbocycles. The molecule has 0 aliphatic heterocycles. The van der Waals surface area contributed by atoms with Crippen LogP contribution in [0, 0.1) is 5.41 Å². The van der Waals surface area contributed by atoms with Crippen LogP contribution in [0.5, 0.6) is 5.75 Å². The first-order valence-electron chi connectivity index (χ1n) is 12.9. The number of anilines is 2. The molecule has 0 fully saturated rings. The number of aromatic amines is 1. The van der Waals surface area contributed by atoms with E-state index < -0.39 is 0 Å². The molecule has 0 aliphatic rings. The van der Waals surface area contributed by atoms with E-state index in [1.54, 1.807) is 43.6 Å².